The summed E-state index contributed by atoms with van der Waals surface area (Å²) in [5.74, 6) is 0.597. The first-order valence-corrected chi connectivity index (χ1v) is 9.01. The molecule has 3 heterocycles. The second-order valence-electron chi connectivity index (χ2n) is 5.96. The highest BCUT2D eigenvalue weighted by Crippen LogP contribution is 2.35. The Hall–Kier alpha value is -3.65. The first kappa shape index (κ1) is 15.6. The fraction of sp³-hybridized carbons (Fsp3) is 0. The van der Waals surface area contributed by atoms with Crippen LogP contribution in [0.1, 0.15) is 0 Å². The van der Waals surface area contributed by atoms with E-state index in [9.17, 15) is 10.1 Å². The molecule has 0 amide bonds. The van der Waals surface area contributed by atoms with Gasteiger partial charge in [-0.25, -0.2) is 4.98 Å². The first-order chi connectivity index (χ1) is 13.2. The normalized spacial score (nSPS) is 11.3. The summed E-state index contributed by atoms with van der Waals surface area (Å²) in [6, 6.07) is 16.4. The molecular weight excluding hydrogens is 362 g/mol. The van der Waals surface area contributed by atoms with Crippen molar-refractivity contribution in [3.8, 4) is 22.5 Å². The molecule has 0 saturated carbocycles. The van der Waals surface area contributed by atoms with Gasteiger partial charge in [-0.15, -0.1) is 21.5 Å². The van der Waals surface area contributed by atoms with E-state index in [0.717, 1.165) is 26.9 Å². The quantitative estimate of drug-likeness (QED) is 0.341. The van der Waals surface area contributed by atoms with Crippen LogP contribution in [0.4, 0.5) is 5.69 Å². The van der Waals surface area contributed by atoms with Crippen molar-refractivity contribution in [3.63, 3.8) is 0 Å². The lowest BCUT2D eigenvalue weighted by molar-refractivity contribution is -0.384. The van der Waals surface area contributed by atoms with Crippen LogP contribution in [-0.4, -0.2) is 24.5 Å². The third kappa shape index (κ3) is 2.46. The van der Waals surface area contributed by atoms with Gasteiger partial charge in [0.2, 0.25) is 0 Å². The molecule has 0 saturated heterocycles. The fourth-order valence-corrected chi connectivity index (χ4v) is 4.01. The number of benzene rings is 2. The van der Waals surface area contributed by atoms with Gasteiger partial charge in [0.1, 0.15) is 11.2 Å². The van der Waals surface area contributed by atoms with Gasteiger partial charge in [-0.2, -0.15) is 0 Å². The zero-order valence-electron chi connectivity index (χ0n) is 13.8. The summed E-state index contributed by atoms with van der Waals surface area (Å²) in [5, 5.41) is 22.6. The Morgan fingerprint density at radius 1 is 0.963 bits per heavy atom. The van der Waals surface area contributed by atoms with E-state index in [1.807, 2.05) is 22.6 Å². The van der Waals surface area contributed by atoms with Crippen molar-refractivity contribution in [2.45, 2.75) is 0 Å². The van der Waals surface area contributed by atoms with E-state index < -0.39 is 4.92 Å². The molecule has 27 heavy (non-hydrogen) atoms. The molecule has 2 aromatic carbocycles. The van der Waals surface area contributed by atoms with Gasteiger partial charge in [0.15, 0.2) is 11.5 Å². The molecule has 130 valence electrons. The van der Waals surface area contributed by atoms with E-state index in [1.54, 1.807) is 29.8 Å². The van der Waals surface area contributed by atoms with Gasteiger partial charge in [0.05, 0.1) is 10.3 Å². The van der Waals surface area contributed by atoms with Crippen LogP contribution >= 0.6 is 11.3 Å². The van der Waals surface area contributed by atoms with E-state index in [0.29, 0.717) is 11.5 Å². The van der Waals surface area contributed by atoms with Crippen LogP contribution in [0.15, 0.2) is 66.3 Å². The summed E-state index contributed by atoms with van der Waals surface area (Å²) >= 11 is 1.57. The van der Waals surface area contributed by atoms with Crippen LogP contribution in [0.25, 0.3) is 38.4 Å². The molecule has 0 aliphatic carbocycles. The maximum absolute atomic E-state index is 10.9. The van der Waals surface area contributed by atoms with E-state index in [1.165, 1.54) is 12.1 Å². The molecule has 8 heteroatoms. The lowest BCUT2D eigenvalue weighted by Gasteiger charge is -2.02. The number of nitro benzene ring substituents is 1. The zero-order chi connectivity index (χ0) is 18.4. The molecule has 0 radical (unpaired) electrons. The Morgan fingerprint density at radius 3 is 2.48 bits per heavy atom. The summed E-state index contributed by atoms with van der Waals surface area (Å²) < 4.78 is 1.82. The molecule has 7 nitrogen and oxygen atoms in total. The molecule has 5 aromatic rings. The number of non-ortho nitro benzene ring substituents is 1. The summed E-state index contributed by atoms with van der Waals surface area (Å²) in [5.41, 5.74) is 3.66. The molecule has 0 spiro atoms. The minimum absolute atomic E-state index is 0.0392. The molecular formula is C19H11N5O2S. The Kier molecular flexibility index (Phi) is 3.44. The largest absolute Gasteiger partial charge is 0.269 e. The number of rotatable bonds is 3. The van der Waals surface area contributed by atoms with Crippen LogP contribution < -0.4 is 0 Å². The highest BCUT2D eigenvalue weighted by Gasteiger charge is 2.17. The fourth-order valence-electron chi connectivity index (χ4n) is 3.10. The summed E-state index contributed by atoms with van der Waals surface area (Å²) in [6.45, 7) is 0. The maximum Gasteiger partial charge on any atom is 0.269 e. The van der Waals surface area contributed by atoms with Crippen molar-refractivity contribution < 1.29 is 4.92 Å². The predicted molar refractivity (Wildman–Crippen MR) is 104 cm³/mol. The Morgan fingerprint density at radius 2 is 1.74 bits per heavy atom. The van der Waals surface area contributed by atoms with Gasteiger partial charge in [-0.1, -0.05) is 30.3 Å². The number of nitrogens with zero attached hydrogens (tertiary/aromatic N) is 5. The third-order valence-electron chi connectivity index (χ3n) is 4.40. The molecule has 5 rings (SSSR count). The molecule has 0 bridgehead atoms. The second-order valence-corrected chi connectivity index (χ2v) is 6.82. The van der Waals surface area contributed by atoms with E-state index in [4.69, 9.17) is 0 Å². The Labute approximate surface area is 156 Å². The number of fused-ring (bicyclic) bond motifs is 3. The SMILES string of the molecule is O=[N+]([O-])c1ccc(-c2nnc3c4c(-c5ccccc5)csc4ncn23)cc1. The molecule has 0 unspecified atom stereocenters. The standard InChI is InChI=1S/C19H11N5O2S/c25-24(26)14-8-6-13(7-9-14)17-21-22-18-16-15(12-4-2-1-3-5-12)10-27-19(16)20-11-23(17)18/h1-11H. The maximum atomic E-state index is 10.9. The van der Waals surface area contributed by atoms with Gasteiger partial charge in [0, 0.05) is 28.6 Å². The van der Waals surface area contributed by atoms with E-state index in [2.05, 4.69) is 32.7 Å². The molecule has 0 aliphatic rings. The highest BCUT2D eigenvalue weighted by molar-refractivity contribution is 7.17. The van der Waals surface area contributed by atoms with Crippen molar-refractivity contribution in [2.75, 3.05) is 0 Å². The predicted octanol–water partition coefficient (Wildman–Crippen LogP) is 4.58. The number of hydrogen-bond acceptors (Lipinski definition) is 6. The topological polar surface area (TPSA) is 86.2 Å². The minimum Gasteiger partial charge on any atom is -0.265 e. The third-order valence-corrected chi connectivity index (χ3v) is 5.29. The molecule has 0 aliphatic heterocycles. The molecule has 0 atom stereocenters. The van der Waals surface area contributed by atoms with Crippen molar-refractivity contribution >= 4 is 32.9 Å². The van der Waals surface area contributed by atoms with Crippen LogP contribution in [0.3, 0.4) is 0 Å². The summed E-state index contributed by atoms with van der Waals surface area (Å²) in [4.78, 5) is 15.9. The smallest absolute Gasteiger partial charge is 0.265 e. The molecule has 3 aromatic heterocycles. The van der Waals surface area contributed by atoms with E-state index >= 15 is 0 Å². The number of aromatic nitrogens is 4. The lowest BCUT2D eigenvalue weighted by Crippen LogP contribution is -1.93. The average Bonchev–Trinajstić information content (AvgIpc) is 3.32. The van der Waals surface area contributed by atoms with Crippen LogP contribution in [0, 0.1) is 10.1 Å². The van der Waals surface area contributed by atoms with Gasteiger partial charge in [0.25, 0.3) is 5.69 Å². The number of hydrogen-bond donors (Lipinski definition) is 0. The van der Waals surface area contributed by atoms with Gasteiger partial charge in [-0.3, -0.25) is 14.5 Å². The lowest BCUT2D eigenvalue weighted by atomic mass is 10.1. The minimum atomic E-state index is -0.422. The number of thiophene rings is 1. The van der Waals surface area contributed by atoms with Crippen LogP contribution in [-0.2, 0) is 0 Å². The number of nitro groups is 1. The molecule has 0 N–H and O–H groups in total. The monoisotopic (exact) mass is 373 g/mol. The Bertz CT molecular complexity index is 1290. The molecule has 0 fully saturated rings. The summed E-state index contributed by atoms with van der Waals surface area (Å²) in [6.07, 6.45) is 1.69. The van der Waals surface area contributed by atoms with E-state index in [-0.39, 0.29) is 5.69 Å². The summed E-state index contributed by atoms with van der Waals surface area (Å²) in [7, 11) is 0. The van der Waals surface area contributed by atoms with Crippen LogP contribution in [0.5, 0.6) is 0 Å². The van der Waals surface area contributed by atoms with Crippen molar-refractivity contribution in [1.29, 1.82) is 0 Å². The van der Waals surface area contributed by atoms with Crippen molar-refractivity contribution in [3.05, 3.63) is 76.4 Å². The van der Waals surface area contributed by atoms with Crippen LogP contribution in [0.2, 0.25) is 0 Å². The first-order valence-electron chi connectivity index (χ1n) is 8.13. The van der Waals surface area contributed by atoms with Gasteiger partial charge < -0.3 is 0 Å². The highest BCUT2D eigenvalue weighted by atomic mass is 32.1. The average molecular weight is 373 g/mol. The zero-order valence-corrected chi connectivity index (χ0v) is 14.6. The van der Waals surface area contributed by atoms with Crippen molar-refractivity contribution in [1.82, 2.24) is 19.6 Å². The second kappa shape index (κ2) is 5.96. The van der Waals surface area contributed by atoms with Gasteiger partial charge >= 0.3 is 0 Å². The Balaban J connectivity index is 1.72. The van der Waals surface area contributed by atoms with Gasteiger partial charge in [-0.05, 0) is 17.7 Å². The van der Waals surface area contributed by atoms with Crippen molar-refractivity contribution in [2.24, 2.45) is 0 Å².